The summed E-state index contributed by atoms with van der Waals surface area (Å²) in [4.78, 5) is 10.4. The maximum Gasteiger partial charge on any atom is 0.120 e. The van der Waals surface area contributed by atoms with Crippen LogP contribution in [0.5, 0.6) is 0 Å². The quantitative estimate of drug-likeness (QED) is 0.493. The SMILES string of the molecule is CC1=CC(CCC=O)C(C(C)C)CC1. The van der Waals surface area contributed by atoms with E-state index in [9.17, 15) is 4.79 Å². The molecular formula is C13H22O. The molecule has 0 saturated heterocycles. The highest BCUT2D eigenvalue weighted by Gasteiger charge is 2.25. The monoisotopic (exact) mass is 194 g/mol. The molecule has 1 nitrogen and oxygen atoms in total. The van der Waals surface area contributed by atoms with Crippen molar-refractivity contribution in [1.29, 1.82) is 0 Å². The second-order valence-electron chi connectivity index (χ2n) is 4.87. The van der Waals surface area contributed by atoms with Gasteiger partial charge in [0.15, 0.2) is 0 Å². The van der Waals surface area contributed by atoms with E-state index in [1.165, 1.54) is 18.4 Å². The molecule has 0 spiro atoms. The lowest BCUT2D eigenvalue weighted by Gasteiger charge is -2.32. The molecular weight excluding hydrogens is 172 g/mol. The lowest BCUT2D eigenvalue weighted by atomic mass is 9.73. The van der Waals surface area contributed by atoms with Crippen molar-refractivity contribution in [3.8, 4) is 0 Å². The minimum atomic E-state index is 0.647. The molecule has 0 saturated carbocycles. The summed E-state index contributed by atoms with van der Waals surface area (Å²) in [6.45, 7) is 6.81. The Labute approximate surface area is 87.6 Å². The van der Waals surface area contributed by atoms with E-state index < -0.39 is 0 Å². The molecule has 0 aromatic carbocycles. The summed E-state index contributed by atoms with van der Waals surface area (Å²) in [7, 11) is 0. The molecule has 0 aromatic rings. The number of rotatable bonds is 4. The molecule has 0 fully saturated rings. The Morgan fingerprint density at radius 1 is 1.57 bits per heavy atom. The first-order chi connectivity index (χ1) is 6.65. The van der Waals surface area contributed by atoms with E-state index in [4.69, 9.17) is 0 Å². The van der Waals surface area contributed by atoms with E-state index in [1.807, 2.05) is 0 Å². The van der Waals surface area contributed by atoms with Gasteiger partial charge in [0.2, 0.25) is 0 Å². The van der Waals surface area contributed by atoms with Crippen LogP contribution in [0.25, 0.3) is 0 Å². The molecule has 0 bridgehead atoms. The molecule has 0 radical (unpaired) electrons. The summed E-state index contributed by atoms with van der Waals surface area (Å²) in [6, 6.07) is 0. The maximum atomic E-state index is 10.4. The Morgan fingerprint density at radius 3 is 2.86 bits per heavy atom. The fraction of sp³-hybridized carbons (Fsp3) is 0.769. The normalized spacial score (nSPS) is 27.6. The standard InChI is InChI=1S/C13H22O/c1-10(2)13-7-6-11(3)9-12(13)5-4-8-14/h8-10,12-13H,4-7H2,1-3H3. The van der Waals surface area contributed by atoms with Crippen molar-refractivity contribution in [3.63, 3.8) is 0 Å². The molecule has 1 aliphatic carbocycles. The minimum Gasteiger partial charge on any atom is -0.303 e. The van der Waals surface area contributed by atoms with Crippen LogP contribution >= 0.6 is 0 Å². The van der Waals surface area contributed by atoms with Crippen molar-refractivity contribution in [2.24, 2.45) is 17.8 Å². The van der Waals surface area contributed by atoms with Crippen molar-refractivity contribution in [3.05, 3.63) is 11.6 Å². The predicted octanol–water partition coefficient (Wildman–Crippen LogP) is 3.59. The van der Waals surface area contributed by atoms with E-state index in [-0.39, 0.29) is 0 Å². The highest BCUT2D eigenvalue weighted by molar-refractivity contribution is 5.49. The fourth-order valence-corrected chi connectivity index (χ4v) is 2.57. The zero-order chi connectivity index (χ0) is 10.6. The Bertz CT molecular complexity index is 215. The highest BCUT2D eigenvalue weighted by atomic mass is 16.1. The van der Waals surface area contributed by atoms with E-state index in [1.54, 1.807) is 0 Å². The van der Waals surface area contributed by atoms with Gasteiger partial charge in [-0.25, -0.2) is 0 Å². The smallest absolute Gasteiger partial charge is 0.120 e. The van der Waals surface area contributed by atoms with Gasteiger partial charge in [-0.1, -0.05) is 25.5 Å². The van der Waals surface area contributed by atoms with E-state index >= 15 is 0 Å². The summed E-state index contributed by atoms with van der Waals surface area (Å²) in [6.07, 6.45) is 7.78. The van der Waals surface area contributed by atoms with Crippen molar-refractivity contribution < 1.29 is 4.79 Å². The number of hydrogen-bond donors (Lipinski definition) is 0. The molecule has 1 aliphatic rings. The molecule has 1 heteroatoms. The summed E-state index contributed by atoms with van der Waals surface area (Å²) < 4.78 is 0. The second kappa shape index (κ2) is 5.33. The summed E-state index contributed by atoms with van der Waals surface area (Å²) >= 11 is 0. The van der Waals surface area contributed by atoms with Gasteiger partial charge >= 0.3 is 0 Å². The van der Waals surface area contributed by atoms with Gasteiger partial charge in [-0.05, 0) is 43.9 Å². The maximum absolute atomic E-state index is 10.4. The number of allylic oxidation sites excluding steroid dienone is 2. The molecule has 0 heterocycles. The van der Waals surface area contributed by atoms with Crippen LogP contribution in [0.1, 0.15) is 46.5 Å². The number of carbonyl (C=O) groups excluding carboxylic acids is 1. The average molecular weight is 194 g/mol. The molecule has 2 unspecified atom stereocenters. The predicted molar refractivity (Wildman–Crippen MR) is 60.1 cm³/mol. The van der Waals surface area contributed by atoms with Gasteiger partial charge in [0.25, 0.3) is 0 Å². The number of hydrogen-bond acceptors (Lipinski definition) is 1. The van der Waals surface area contributed by atoms with Gasteiger partial charge < -0.3 is 4.79 Å². The Morgan fingerprint density at radius 2 is 2.29 bits per heavy atom. The number of carbonyl (C=O) groups is 1. The minimum absolute atomic E-state index is 0.647. The Kier molecular flexibility index (Phi) is 4.37. The molecule has 0 amide bonds. The van der Waals surface area contributed by atoms with Crippen molar-refractivity contribution in [2.45, 2.75) is 46.5 Å². The van der Waals surface area contributed by atoms with Gasteiger partial charge in [-0.3, -0.25) is 0 Å². The molecule has 2 atom stereocenters. The van der Waals surface area contributed by atoms with Crippen molar-refractivity contribution in [2.75, 3.05) is 0 Å². The third kappa shape index (κ3) is 2.97. The van der Waals surface area contributed by atoms with Crippen LogP contribution in [0, 0.1) is 17.8 Å². The third-order valence-electron chi connectivity index (χ3n) is 3.39. The molecule has 0 N–H and O–H groups in total. The topological polar surface area (TPSA) is 17.1 Å². The van der Waals surface area contributed by atoms with Gasteiger partial charge in [0.1, 0.15) is 6.29 Å². The first-order valence-corrected chi connectivity index (χ1v) is 5.76. The van der Waals surface area contributed by atoms with Crippen LogP contribution in [-0.2, 0) is 4.79 Å². The average Bonchev–Trinajstić information content (AvgIpc) is 2.14. The molecule has 0 aromatic heterocycles. The van der Waals surface area contributed by atoms with E-state index in [0.717, 1.165) is 31.0 Å². The summed E-state index contributed by atoms with van der Waals surface area (Å²) in [5.74, 6) is 2.18. The molecule has 1 rings (SSSR count). The van der Waals surface area contributed by atoms with Crippen LogP contribution in [0.15, 0.2) is 11.6 Å². The first kappa shape index (κ1) is 11.5. The van der Waals surface area contributed by atoms with Crippen molar-refractivity contribution >= 4 is 6.29 Å². The Hall–Kier alpha value is -0.590. The molecule has 80 valence electrons. The third-order valence-corrected chi connectivity index (χ3v) is 3.39. The van der Waals surface area contributed by atoms with Gasteiger partial charge in [-0.15, -0.1) is 0 Å². The largest absolute Gasteiger partial charge is 0.303 e. The second-order valence-corrected chi connectivity index (χ2v) is 4.87. The Balaban J connectivity index is 2.62. The summed E-state index contributed by atoms with van der Waals surface area (Å²) in [5, 5.41) is 0. The van der Waals surface area contributed by atoms with Gasteiger partial charge in [0.05, 0.1) is 0 Å². The van der Waals surface area contributed by atoms with Crippen molar-refractivity contribution in [1.82, 2.24) is 0 Å². The summed E-state index contributed by atoms with van der Waals surface area (Å²) in [5.41, 5.74) is 1.51. The van der Waals surface area contributed by atoms with Crippen LogP contribution in [-0.4, -0.2) is 6.29 Å². The lowest BCUT2D eigenvalue weighted by Crippen LogP contribution is -2.22. The van der Waals surface area contributed by atoms with Crippen LogP contribution in [0.2, 0.25) is 0 Å². The van der Waals surface area contributed by atoms with Crippen LogP contribution in [0.3, 0.4) is 0 Å². The first-order valence-electron chi connectivity index (χ1n) is 5.76. The van der Waals surface area contributed by atoms with Crippen LogP contribution < -0.4 is 0 Å². The van der Waals surface area contributed by atoms with E-state index in [0.29, 0.717) is 5.92 Å². The molecule has 0 aliphatic heterocycles. The van der Waals surface area contributed by atoms with Gasteiger partial charge in [-0.2, -0.15) is 0 Å². The molecule has 14 heavy (non-hydrogen) atoms. The highest BCUT2D eigenvalue weighted by Crippen LogP contribution is 2.36. The van der Waals surface area contributed by atoms with Crippen LogP contribution in [0.4, 0.5) is 0 Å². The van der Waals surface area contributed by atoms with Gasteiger partial charge in [0, 0.05) is 6.42 Å². The lowest BCUT2D eigenvalue weighted by molar-refractivity contribution is -0.108. The zero-order valence-electron chi connectivity index (χ0n) is 9.62. The van der Waals surface area contributed by atoms with E-state index in [2.05, 4.69) is 26.8 Å². The zero-order valence-corrected chi connectivity index (χ0v) is 9.62. The fourth-order valence-electron chi connectivity index (χ4n) is 2.57. The number of aldehydes is 1.